The smallest absolute Gasteiger partial charge is 0.307 e. The molecule has 152 valence electrons. The fourth-order valence-corrected chi connectivity index (χ4v) is 3.06. The molecule has 1 heterocycles. The first kappa shape index (κ1) is 21.7. The first-order chi connectivity index (χ1) is 13.1. The van der Waals surface area contributed by atoms with Crippen LogP contribution in [0.15, 0.2) is 18.2 Å². The minimum atomic E-state index is -4.51. The van der Waals surface area contributed by atoms with Crippen LogP contribution < -0.4 is 5.32 Å². The van der Waals surface area contributed by atoms with E-state index in [2.05, 4.69) is 16.9 Å². The summed E-state index contributed by atoms with van der Waals surface area (Å²) in [6, 6.07) is 0.219. The maximum absolute atomic E-state index is 13.1. The Morgan fingerprint density at radius 2 is 2.14 bits per heavy atom. The number of amides is 1. The molecule has 1 saturated carbocycles. The van der Waals surface area contributed by atoms with Crippen molar-refractivity contribution in [2.24, 2.45) is 0 Å². The quantitative estimate of drug-likeness (QED) is 0.562. The molecule has 0 radical (unpaired) electrons. The van der Waals surface area contributed by atoms with Crippen molar-refractivity contribution >= 4 is 17.9 Å². The van der Waals surface area contributed by atoms with Crippen LogP contribution >= 0.6 is 0 Å². The lowest BCUT2D eigenvalue weighted by molar-refractivity contribution is -0.180. The summed E-state index contributed by atoms with van der Waals surface area (Å²) in [6.45, 7) is 5.32. The Bertz CT molecular complexity index is 813. The van der Waals surface area contributed by atoms with Gasteiger partial charge in [-0.25, -0.2) is 4.98 Å². The van der Waals surface area contributed by atoms with E-state index >= 15 is 0 Å². The van der Waals surface area contributed by atoms with Gasteiger partial charge in [-0.1, -0.05) is 12.7 Å². The summed E-state index contributed by atoms with van der Waals surface area (Å²) in [5.41, 5.74) is 1.57. The molecule has 9 heteroatoms. The molecule has 6 nitrogen and oxygen atoms in total. The van der Waals surface area contributed by atoms with Crippen molar-refractivity contribution < 1.29 is 18.0 Å². The van der Waals surface area contributed by atoms with Gasteiger partial charge in [0, 0.05) is 6.04 Å². The van der Waals surface area contributed by atoms with Crippen molar-refractivity contribution in [3.05, 3.63) is 29.6 Å². The lowest BCUT2D eigenvalue weighted by atomic mass is 9.92. The minimum absolute atomic E-state index is 0.0831. The highest BCUT2D eigenvalue weighted by Gasteiger charge is 2.42. The summed E-state index contributed by atoms with van der Waals surface area (Å²) in [7, 11) is 2.57. The molecular formula is C19H24F3N5O. The van der Waals surface area contributed by atoms with Crippen molar-refractivity contribution in [3.63, 3.8) is 0 Å². The molecule has 1 aromatic rings. The van der Waals surface area contributed by atoms with Crippen LogP contribution in [0.4, 0.5) is 19.1 Å². The second-order valence-electron chi connectivity index (χ2n) is 7.05. The maximum Gasteiger partial charge on any atom is 0.404 e. The van der Waals surface area contributed by atoms with E-state index in [0.717, 1.165) is 24.2 Å². The van der Waals surface area contributed by atoms with Crippen LogP contribution in [-0.4, -0.2) is 46.7 Å². The second-order valence-corrected chi connectivity index (χ2v) is 7.05. The lowest BCUT2D eigenvalue weighted by Crippen LogP contribution is -2.43. The Morgan fingerprint density at radius 3 is 2.57 bits per heavy atom. The van der Waals surface area contributed by atoms with E-state index in [1.807, 2.05) is 6.07 Å². The number of anilines is 1. The summed E-state index contributed by atoms with van der Waals surface area (Å²) in [6.07, 6.45) is 0.565. The number of rotatable bonds is 7. The first-order valence-corrected chi connectivity index (χ1v) is 8.94. The van der Waals surface area contributed by atoms with Gasteiger partial charge in [0.05, 0.1) is 29.5 Å². The van der Waals surface area contributed by atoms with Gasteiger partial charge in [-0.15, -0.1) is 0 Å². The number of hydrogen-bond acceptors (Lipinski definition) is 4. The molecule has 1 aromatic heterocycles. The number of nitriles is 1. The molecule has 1 N–H and O–H groups in total. The van der Waals surface area contributed by atoms with Gasteiger partial charge >= 0.3 is 6.18 Å². The van der Waals surface area contributed by atoms with Gasteiger partial charge in [-0.05, 0) is 46.4 Å². The molecule has 0 aromatic carbocycles. The predicted molar refractivity (Wildman–Crippen MR) is 100 cm³/mol. The zero-order valence-corrected chi connectivity index (χ0v) is 16.2. The molecule has 0 saturated heterocycles. The van der Waals surface area contributed by atoms with Crippen LogP contribution in [-0.2, 0) is 4.79 Å². The molecule has 28 heavy (non-hydrogen) atoms. The van der Waals surface area contributed by atoms with Crippen molar-refractivity contribution in [1.82, 2.24) is 14.5 Å². The maximum atomic E-state index is 13.1. The Morgan fingerprint density at radius 1 is 1.50 bits per heavy atom. The van der Waals surface area contributed by atoms with E-state index < -0.39 is 24.5 Å². The van der Waals surface area contributed by atoms with E-state index in [1.165, 1.54) is 20.2 Å². The van der Waals surface area contributed by atoms with E-state index in [4.69, 9.17) is 5.26 Å². The number of nitrogens with one attached hydrogen (secondary N) is 1. The standard InChI is InChI=1S/C19H24F3N5O/c1-5-13(11-23)9-15-12(2)24-18(27(15)14-7-6-8-14)25-17(28)10-16(26(3)4)19(20,21)22/h5,9,14,16H,1,6-8,10H2,2-4H3,(H,24,25,28)/b13-9+. The summed E-state index contributed by atoms with van der Waals surface area (Å²) in [4.78, 5) is 17.6. The van der Waals surface area contributed by atoms with Crippen molar-refractivity contribution in [1.29, 1.82) is 5.26 Å². The average molecular weight is 395 g/mol. The van der Waals surface area contributed by atoms with E-state index in [9.17, 15) is 18.0 Å². The van der Waals surface area contributed by atoms with Crippen LogP contribution in [0.5, 0.6) is 0 Å². The second kappa shape index (κ2) is 8.61. The molecule has 0 spiro atoms. The molecule has 0 aliphatic heterocycles. The minimum Gasteiger partial charge on any atom is -0.307 e. The summed E-state index contributed by atoms with van der Waals surface area (Å²) < 4.78 is 41.2. The zero-order valence-electron chi connectivity index (χ0n) is 16.2. The van der Waals surface area contributed by atoms with Crippen molar-refractivity contribution in [2.45, 2.75) is 50.9 Å². The van der Waals surface area contributed by atoms with Crippen LogP contribution in [0.2, 0.25) is 0 Å². The fourth-order valence-electron chi connectivity index (χ4n) is 3.06. The Balaban J connectivity index is 2.33. The molecule has 1 unspecified atom stereocenters. The largest absolute Gasteiger partial charge is 0.404 e. The molecular weight excluding hydrogens is 371 g/mol. The molecule has 1 aliphatic carbocycles. The van der Waals surface area contributed by atoms with E-state index in [1.54, 1.807) is 17.6 Å². The van der Waals surface area contributed by atoms with Gasteiger partial charge in [0.1, 0.15) is 6.04 Å². The Hall–Kier alpha value is -2.60. The van der Waals surface area contributed by atoms with Gasteiger partial charge < -0.3 is 4.57 Å². The van der Waals surface area contributed by atoms with Gasteiger partial charge in [0.25, 0.3) is 0 Å². The average Bonchev–Trinajstić information content (AvgIpc) is 2.83. The molecule has 0 bridgehead atoms. The number of carbonyl (C=O) groups excluding carboxylic acids is 1. The number of aromatic nitrogens is 2. The predicted octanol–water partition coefficient (Wildman–Crippen LogP) is 3.83. The Kier molecular flexibility index (Phi) is 6.67. The number of allylic oxidation sites excluding steroid dienone is 2. The van der Waals surface area contributed by atoms with Gasteiger partial charge in [-0.2, -0.15) is 18.4 Å². The number of alkyl halides is 3. The third-order valence-corrected chi connectivity index (χ3v) is 4.84. The van der Waals surface area contributed by atoms with Crippen LogP contribution in [0.25, 0.3) is 6.08 Å². The highest BCUT2D eigenvalue weighted by Crippen LogP contribution is 2.37. The molecule has 1 aliphatic rings. The number of imidazole rings is 1. The lowest BCUT2D eigenvalue weighted by Gasteiger charge is -2.30. The van der Waals surface area contributed by atoms with E-state index in [0.29, 0.717) is 17.0 Å². The van der Waals surface area contributed by atoms with Crippen molar-refractivity contribution in [2.75, 3.05) is 19.4 Å². The summed E-state index contributed by atoms with van der Waals surface area (Å²) >= 11 is 0. The van der Waals surface area contributed by atoms with Gasteiger partial charge in [0.15, 0.2) is 0 Å². The zero-order chi connectivity index (χ0) is 21.1. The van der Waals surface area contributed by atoms with Gasteiger partial charge in [0.2, 0.25) is 11.9 Å². The van der Waals surface area contributed by atoms with Crippen molar-refractivity contribution in [3.8, 4) is 6.07 Å². The SMILES string of the molecule is C=C/C(C#N)=C\c1c(C)nc(NC(=O)CC(N(C)C)C(F)(F)F)n1C1CCC1. The molecule has 1 fully saturated rings. The Labute approximate surface area is 162 Å². The molecule has 2 rings (SSSR count). The van der Waals surface area contributed by atoms with Crippen LogP contribution in [0.3, 0.4) is 0 Å². The molecule has 1 amide bonds. The number of aryl methyl sites for hydroxylation is 1. The summed E-state index contributed by atoms with van der Waals surface area (Å²) in [5.74, 6) is -0.555. The fraction of sp³-hybridized carbons (Fsp3) is 0.526. The third-order valence-electron chi connectivity index (χ3n) is 4.84. The normalized spacial score (nSPS) is 16.4. The van der Waals surface area contributed by atoms with Crippen LogP contribution in [0.1, 0.15) is 43.1 Å². The highest BCUT2D eigenvalue weighted by atomic mass is 19.4. The third kappa shape index (κ3) is 4.81. The van der Waals surface area contributed by atoms with Crippen LogP contribution in [0, 0.1) is 18.3 Å². The number of halogens is 3. The molecule has 1 atom stereocenters. The highest BCUT2D eigenvalue weighted by molar-refractivity contribution is 5.90. The number of carbonyl (C=O) groups is 1. The monoisotopic (exact) mass is 395 g/mol. The first-order valence-electron chi connectivity index (χ1n) is 8.94. The van der Waals surface area contributed by atoms with Gasteiger partial charge in [-0.3, -0.25) is 15.0 Å². The van der Waals surface area contributed by atoms with E-state index in [-0.39, 0.29) is 12.0 Å². The number of hydrogen-bond donors (Lipinski definition) is 1. The number of nitrogens with zero attached hydrogens (tertiary/aromatic N) is 4. The summed E-state index contributed by atoms with van der Waals surface area (Å²) in [5, 5.41) is 11.7. The topological polar surface area (TPSA) is 73.9 Å².